The number of phenols is 1. The molecule has 0 saturated carbocycles. The lowest BCUT2D eigenvalue weighted by Crippen LogP contribution is -2.46. The number of phenolic OH excluding ortho intramolecular Hbond substituents is 1. The molecule has 1 atom stereocenters. The van der Waals surface area contributed by atoms with E-state index in [9.17, 15) is 9.50 Å². The molecule has 0 amide bonds. The third-order valence-electron chi connectivity index (χ3n) is 3.71. The van der Waals surface area contributed by atoms with Crippen LogP contribution in [0.25, 0.3) is 0 Å². The zero-order valence-electron chi connectivity index (χ0n) is 12.8. The van der Waals surface area contributed by atoms with E-state index in [1.54, 1.807) is 6.07 Å². The fourth-order valence-corrected chi connectivity index (χ4v) is 2.62. The molecule has 2 N–H and O–H groups in total. The zero-order chi connectivity index (χ0) is 15.2. The SMILES string of the molecule is CCNC(=NCc1ccc(O)c(F)c1)N1CCCC(C)C1. The first-order valence-corrected chi connectivity index (χ1v) is 7.60. The highest BCUT2D eigenvalue weighted by Crippen LogP contribution is 2.18. The molecular formula is C16H24FN3O. The Balaban J connectivity index is 2.07. The van der Waals surface area contributed by atoms with Crippen molar-refractivity contribution in [3.05, 3.63) is 29.6 Å². The fraction of sp³-hybridized carbons (Fsp3) is 0.562. The molecule has 116 valence electrons. The number of aliphatic imine (C=N–C) groups is 1. The summed E-state index contributed by atoms with van der Waals surface area (Å²) in [5, 5.41) is 12.5. The van der Waals surface area contributed by atoms with Crippen LogP contribution in [0, 0.1) is 11.7 Å². The first-order valence-electron chi connectivity index (χ1n) is 7.60. The van der Waals surface area contributed by atoms with E-state index < -0.39 is 5.82 Å². The van der Waals surface area contributed by atoms with E-state index >= 15 is 0 Å². The molecule has 21 heavy (non-hydrogen) atoms. The predicted octanol–water partition coefficient (Wildman–Crippen LogP) is 2.73. The summed E-state index contributed by atoms with van der Waals surface area (Å²) < 4.78 is 13.3. The topological polar surface area (TPSA) is 47.9 Å². The average molecular weight is 293 g/mol. The minimum Gasteiger partial charge on any atom is -0.505 e. The summed E-state index contributed by atoms with van der Waals surface area (Å²) in [4.78, 5) is 6.87. The predicted molar refractivity (Wildman–Crippen MR) is 82.9 cm³/mol. The van der Waals surface area contributed by atoms with Crippen LogP contribution in [0.2, 0.25) is 0 Å². The molecule has 5 heteroatoms. The molecule has 1 heterocycles. The lowest BCUT2D eigenvalue weighted by Gasteiger charge is -2.33. The highest BCUT2D eigenvalue weighted by Gasteiger charge is 2.19. The van der Waals surface area contributed by atoms with Crippen molar-refractivity contribution in [1.29, 1.82) is 0 Å². The van der Waals surface area contributed by atoms with E-state index in [0.717, 1.165) is 31.2 Å². The summed E-state index contributed by atoms with van der Waals surface area (Å²) >= 11 is 0. The number of nitrogens with one attached hydrogen (secondary N) is 1. The molecule has 1 saturated heterocycles. The number of hydrogen-bond acceptors (Lipinski definition) is 2. The van der Waals surface area contributed by atoms with Crippen LogP contribution in [0.4, 0.5) is 4.39 Å². The molecule has 4 nitrogen and oxygen atoms in total. The molecule has 1 fully saturated rings. The molecule has 1 unspecified atom stereocenters. The maximum absolute atomic E-state index is 13.3. The number of hydrogen-bond donors (Lipinski definition) is 2. The number of halogens is 1. The maximum Gasteiger partial charge on any atom is 0.194 e. The Morgan fingerprint density at radius 2 is 2.33 bits per heavy atom. The summed E-state index contributed by atoms with van der Waals surface area (Å²) in [5.74, 6) is 0.644. The normalized spacial score (nSPS) is 19.7. The van der Waals surface area contributed by atoms with Crippen LogP contribution in [-0.4, -0.2) is 35.6 Å². The first kappa shape index (κ1) is 15.6. The van der Waals surface area contributed by atoms with Gasteiger partial charge in [-0.2, -0.15) is 0 Å². The van der Waals surface area contributed by atoms with Gasteiger partial charge in [-0.15, -0.1) is 0 Å². The van der Waals surface area contributed by atoms with Crippen LogP contribution in [0.3, 0.4) is 0 Å². The van der Waals surface area contributed by atoms with Crippen LogP contribution in [0.1, 0.15) is 32.3 Å². The molecule has 1 aromatic carbocycles. The zero-order valence-corrected chi connectivity index (χ0v) is 12.8. The second-order valence-corrected chi connectivity index (χ2v) is 5.65. The summed E-state index contributed by atoms with van der Waals surface area (Å²) in [7, 11) is 0. The smallest absolute Gasteiger partial charge is 0.194 e. The van der Waals surface area contributed by atoms with Gasteiger partial charge in [-0.3, -0.25) is 0 Å². The van der Waals surface area contributed by atoms with Crippen molar-refractivity contribution < 1.29 is 9.50 Å². The Morgan fingerprint density at radius 1 is 1.52 bits per heavy atom. The maximum atomic E-state index is 13.3. The van der Waals surface area contributed by atoms with E-state index in [2.05, 4.69) is 22.1 Å². The summed E-state index contributed by atoms with van der Waals surface area (Å²) in [6.45, 7) is 7.54. The number of nitrogens with zero attached hydrogens (tertiary/aromatic N) is 2. The first-order chi connectivity index (χ1) is 10.1. The van der Waals surface area contributed by atoms with Gasteiger partial charge in [0.25, 0.3) is 0 Å². The Morgan fingerprint density at radius 3 is 3.00 bits per heavy atom. The average Bonchev–Trinajstić information content (AvgIpc) is 2.47. The molecule has 0 aliphatic carbocycles. The van der Waals surface area contributed by atoms with E-state index in [4.69, 9.17) is 0 Å². The van der Waals surface area contributed by atoms with Crippen LogP contribution < -0.4 is 5.32 Å². The Bertz CT molecular complexity index is 504. The molecule has 0 aromatic heterocycles. The van der Waals surface area contributed by atoms with Gasteiger partial charge in [-0.1, -0.05) is 13.0 Å². The van der Waals surface area contributed by atoms with Crippen molar-refractivity contribution in [1.82, 2.24) is 10.2 Å². The van der Waals surface area contributed by atoms with Gasteiger partial charge >= 0.3 is 0 Å². The highest BCUT2D eigenvalue weighted by atomic mass is 19.1. The fourth-order valence-electron chi connectivity index (χ4n) is 2.62. The molecular weight excluding hydrogens is 269 g/mol. The number of likely N-dealkylation sites (tertiary alicyclic amines) is 1. The van der Waals surface area contributed by atoms with Crippen molar-refractivity contribution >= 4 is 5.96 Å². The quantitative estimate of drug-likeness (QED) is 0.665. The summed E-state index contributed by atoms with van der Waals surface area (Å²) in [5.41, 5.74) is 0.755. The van der Waals surface area contributed by atoms with Crippen molar-refractivity contribution in [2.24, 2.45) is 10.9 Å². The van der Waals surface area contributed by atoms with Gasteiger partial charge in [0.1, 0.15) is 0 Å². The van der Waals surface area contributed by atoms with Crippen molar-refractivity contribution in [2.45, 2.75) is 33.2 Å². The molecule has 1 aromatic rings. The minimum atomic E-state index is -0.598. The Kier molecular flexibility index (Phi) is 5.42. The Labute approximate surface area is 125 Å². The second kappa shape index (κ2) is 7.29. The Hall–Kier alpha value is -1.78. The van der Waals surface area contributed by atoms with Crippen molar-refractivity contribution in [3.8, 4) is 5.75 Å². The van der Waals surface area contributed by atoms with Gasteiger partial charge in [0.2, 0.25) is 0 Å². The van der Waals surface area contributed by atoms with Gasteiger partial charge in [-0.05, 0) is 43.4 Å². The van der Waals surface area contributed by atoms with Gasteiger partial charge in [0.05, 0.1) is 6.54 Å². The summed E-state index contributed by atoms with van der Waals surface area (Å²) in [6.07, 6.45) is 2.44. The van der Waals surface area contributed by atoms with Gasteiger partial charge < -0.3 is 15.3 Å². The van der Waals surface area contributed by atoms with Gasteiger partial charge in [0.15, 0.2) is 17.5 Å². The molecule has 0 radical (unpaired) electrons. The number of benzene rings is 1. The van der Waals surface area contributed by atoms with Crippen LogP contribution in [0.5, 0.6) is 5.75 Å². The second-order valence-electron chi connectivity index (χ2n) is 5.65. The van der Waals surface area contributed by atoms with Gasteiger partial charge in [0, 0.05) is 19.6 Å². The highest BCUT2D eigenvalue weighted by molar-refractivity contribution is 5.80. The lowest BCUT2D eigenvalue weighted by molar-refractivity contribution is 0.266. The summed E-state index contributed by atoms with van der Waals surface area (Å²) in [6, 6.07) is 4.40. The number of aromatic hydroxyl groups is 1. The molecule has 0 spiro atoms. The van der Waals surface area contributed by atoms with Gasteiger partial charge in [-0.25, -0.2) is 9.38 Å². The van der Waals surface area contributed by atoms with E-state index in [0.29, 0.717) is 12.5 Å². The van der Waals surface area contributed by atoms with E-state index in [-0.39, 0.29) is 5.75 Å². The molecule has 2 rings (SSSR count). The number of piperidine rings is 1. The third-order valence-corrected chi connectivity index (χ3v) is 3.71. The van der Waals surface area contributed by atoms with Crippen LogP contribution in [0.15, 0.2) is 23.2 Å². The van der Waals surface area contributed by atoms with Crippen molar-refractivity contribution in [3.63, 3.8) is 0 Å². The van der Waals surface area contributed by atoms with Crippen molar-refractivity contribution in [2.75, 3.05) is 19.6 Å². The molecule has 0 bridgehead atoms. The third kappa shape index (κ3) is 4.34. The van der Waals surface area contributed by atoms with Crippen LogP contribution in [-0.2, 0) is 6.54 Å². The number of rotatable bonds is 3. The number of guanidine groups is 1. The molecule has 1 aliphatic heterocycles. The molecule has 1 aliphatic rings. The van der Waals surface area contributed by atoms with E-state index in [1.807, 2.05) is 6.92 Å². The van der Waals surface area contributed by atoms with E-state index in [1.165, 1.54) is 25.0 Å². The standard InChI is InChI=1S/C16H24FN3O/c1-3-18-16(20-8-4-5-12(2)11-20)19-10-13-6-7-15(21)14(17)9-13/h6-7,9,12,21H,3-5,8,10-11H2,1-2H3,(H,18,19). The van der Waals surface area contributed by atoms with Crippen LogP contribution >= 0.6 is 0 Å². The minimum absolute atomic E-state index is 0.320. The largest absolute Gasteiger partial charge is 0.505 e. The lowest BCUT2D eigenvalue weighted by atomic mass is 10.0. The monoisotopic (exact) mass is 293 g/mol.